The number of allylic oxidation sites excluding steroid dienone is 2. The highest BCUT2D eigenvalue weighted by Gasteiger charge is 1.96. The number of nitrogen functional groups attached to an aromatic ring is 1. The second-order valence-electron chi connectivity index (χ2n) is 7.90. The second-order valence-corrected chi connectivity index (χ2v) is 10.7. The minimum Gasteiger partial charge on any atom is -0.424 e. The molecule has 7 heteroatoms. The number of halogens is 2. The number of hydrogen-bond donors (Lipinski definition) is 4. The number of aromatic nitrogens is 1. The van der Waals surface area contributed by atoms with Crippen LogP contribution in [-0.4, -0.2) is 22.2 Å². The summed E-state index contributed by atoms with van der Waals surface area (Å²) in [4.78, 5) is 3.39. The van der Waals surface area contributed by atoms with Crippen molar-refractivity contribution in [3.63, 3.8) is 0 Å². The summed E-state index contributed by atoms with van der Waals surface area (Å²) >= 11 is 6.53. The normalized spacial score (nSPS) is 10.3. The van der Waals surface area contributed by atoms with Crippen molar-refractivity contribution >= 4 is 67.7 Å². The van der Waals surface area contributed by atoms with Crippen molar-refractivity contribution in [2.24, 2.45) is 0 Å². The Morgan fingerprint density at radius 3 is 2.14 bits per heavy atom. The predicted octanol–water partition coefficient (Wildman–Crippen LogP) is 9.11. The molecule has 0 fully saturated rings. The molecule has 0 spiro atoms. The Bertz CT molecular complexity index is 1030. The lowest BCUT2D eigenvalue weighted by molar-refractivity contribution is 0.424. The number of unbranched alkanes of at least 4 members (excludes halogenated alkanes) is 4. The molecule has 4 nitrogen and oxygen atoms in total. The van der Waals surface area contributed by atoms with Gasteiger partial charge in [-0.25, -0.2) is 0 Å². The van der Waals surface area contributed by atoms with Gasteiger partial charge < -0.3 is 20.8 Å². The number of benzene rings is 2. The fraction of sp³-hybridized carbons (Fsp3) is 0.310. The van der Waals surface area contributed by atoms with Crippen molar-refractivity contribution in [3.05, 3.63) is 87.4 Å². The van der Waals surface area contributed by atoms with Gasteiger partial charge in [0.05, 0.1) is 3.39 Å². The largest absolute Gasteiger partial charge is 0.480 e. The summed E-state index contributed by atoms with van der Waals surface area (Å²) in [5.74, 6) is 1.38. The third-order valence-corrected chi connectivity index (χ3v) is 5.32. The lowest BCUT2D eigenvalue weighted by Crippen LogP contribution is -2.05. The summed E-state index contributed by atoms with van der Waals surface area (Å²) < 4.78 is 0.892. The molecule has 0 bridgehead atoms. The van der Waals surface area contributed by atoms with Crippen LogP contribution in [0.2, 0.25) is 0 Å². The third-order valence-electron chi connectivity index (χ3n) is 4.87. The molecule has 3 rings (SSSR count). The summed E-state index contributed by atoms with van der Waals surface area (Å²) in [5, 5.41) is 17.9. The van der Waals surface area contributed by atoms with E-state index in [4.69, 9.17) is 15.8 Å². The van der Waals surface area contributed by atoms with Gasteiger partial charge in [0, 0.05) is 16.9 Å². The van der Waals surface area contributed by atoms with Gasteiger partial charge in [-0.15, -0.1) is 0 Å². The molecule has 0 aliphatic heterocycles. The smallest absolute Gasteiger partial charge is 0.424 e. The van der Waals surface area contributed by atoms with Crippen LogP contribution in [0.3, 0.4) is 0 Å². The quantitative estimate of drug-likeness (QED) is 0.109. The summed E-state index contributed by atoms with van der Waals surface area (Å²) in [5.41, 5.74) is 9.89. The third kappa shape index (κ3) is 15.8. The van der Waals surface area contributed by atoms with Crippen LogP contribution in [0.25, 0.3) is 23.1 Å². The molecule has 0 aliphatic rings. The minimum atomic E-state index is -1.28. The topological polar surface area (TPSA) is 82.3 Å². The van der Waals surface area contributed by atoms with Crippen LogP contribution < -0.4 is 5.73 Å². The van der Waals surface area contributed by atoms with E-state index in [9.17, 15) is 0 Å². The molecule has 0 atom stereocenters. The summed E-state index contributed by atoms with van der Waals surface area (Å²) in [6.45, 7) is 4.32. The van der Waals surface area contributed by atoms with E-state index in [1.54, 1.807) is 6.08 Å². The van der Waals surface area contributed by atoms with Crippen molar-refractivity contribution in [2.45, 2.75) is 59.8 Å². The van der Waals surface area contributed by atoms with E-state index < -0.39 is 7.12 Å². The molecule has 2 aromatic carbocycles. The zero-order chi connectivity index (χ0) is 25.9. The van der Waals surface area contributed by atoms with Crippen LogP contribution in [0, 0.1) is 0 Å². The number of H-pyrrole nitrogens is 1. The van der Waals surface area contributed by atoms with Gasteiger partial charge in [0.1, 0.15) is 0 Å². The lowest BCUT2D eigenvalue weighted by atomic mass is 9.91. The molecule has 1 heterocycles. The van der Waals surface area contributed by atoms with E-state index in [0.29, 0.717) is 0 Å². The zero-order valence-electron chi connectivity index (χ0n) is 20.6. The minimum absolute atomic E-state index is 0. The number of fused-ring (bicyclic) bond motifs is 1. The number of anilines is 1. The van der Waals surface area contributed by atoms with Crippen molar-refractivity contribution in [1.82, 2.24) is 4.98 Å². The Morgan fingerprint density at radius 1 is 0.944 bits per heavy atom. The highest BCUT2D eigenvalue weighted by molar-refractivity contribution is 9.28. The average molecular weight is 620 g/mol. The Labute approximate surface area is 234 Å². The summed E-state index contributed by atoms with van der Waals surface area (Å²) in [6, 6.07) is 18.3. The highest BCUT2D eigenvalue weighted by atomic mass is 79.9. The molecule has 0 radical (unpaired) electrons. The summed E-state index contributed by atoms with van der Waals surface area (Å²) in [7, 11) is -1.28. The van der Waals surface area contributed by atoms with Crippen LogP contribution in [0.5, 0.6) is 0 Å². The molecule has 36 heavy (non-hydrogen) atoms. The maximum Gasteiger partial charge on any atom is 0.480 e. The van der Waals surface area contributed by atoms with Crippen LogP contribution in [0.15, 0.2) is 76.1 Å². The van der Waals surface area contributed by atoms with E-state index in [2.05, 4.69) is 93.2 Å². The van der Waals surface area contributed by atoms with E-state index in [0.717, 1.165) is 33.9 Å². The average Bonchev–Trinajstić information content (AvgIpc) is 3.25. The van der Waals surface area contributed by atoms with Gasteiger partial charge >= 0.3 is 7.12 Å². The Morgan fingerprint density at radius 2 is 1.56 bits per heavy atom. The monoisotopic (exact) mass is 618 g/mol. The van der Waals surface area contributed by atoms with Crippen LogP contribution >= 0.6 is 31.9 Å². The zero-order valence-corrected chi connectivity index (χ0v) is 23.8. The molecule has 3 aromatic rings. The molecule has 0 aliphatic carbocycles. The SMILES string of the molecule is C.CCCC/C=C/B(O)O.CCCC/C=C/c1cc2ccccc2[nH]1.Nc1ccccc1C=C(Br)Br. The van der Waals surface area contributed by atoms with Gasteiger partial charge in [-0.3, -0.25) is 0 Å². The molecule has 0 amide bonds. The second kappa shape index (κ2) is 21.1. The first-order valence-electron chi connectivity index (χ1n) is 12.0. The first-order valence-corrected chi connectivity index (χ1v) is 13.6. The van der Waals surface area contributed by atoms with Crippen molar-refractivity contribution < 1.29 is 10.0 Å². The molecule has 196 valence electrons. The molecule has 0 saturated heterocycles. The first kappa shape index (κ1) is 33.9. The number of nitrogens with two attached hydrogens (primary N) is 1. The fourth-order valence-corrected chi connectivity index (χ4v) is 3.51. The number of hydrogen-bond acceptors (Lipinski definition) is 3. The molecule has 1 aromatic heterocycles. The van der Waals surface area contributed by atoms with E-state index in [1.807, 2.05) is 30.3 Å². The Hall–Kier alpha value is -2.06. The van der Waals surface area contributed by atoms with Gasteiger partial charge in [0.15, 0.2) is 0 Å². The van der Waals surface area contributed by atoms with Crippen LogP contribution in [0.4, 0.5) is 5.69 Å². The van der Waals surface area contributed by atoms with Crippen molar-refractivity contribution in [2.75, 3.05) is 5.73 Å². The van der Waals surface area contributed by atoms with Gasteiger partial charge in [-0.1, -0.05) is 101 Å². The lowest BCUT2D eigenvalue weighted by Gasteiger charge is -1.97. The highest BCUT2D eigenvalue weighted by Crippen LogP contribution is 2.21. The molecule has 5 N–H and O–H groups in total. The maximum absolute atomic E-state index is 8.32. The van der Waals surface area contributed by atoms with E-state index in [-0.39, 0.29) is 7.43 Å². The molecule has 0 saturated carbocycles. The van der Waals surface area contributed by atoms with Crippen LogP contribution in [0.1, 0.15) is 71.1 Å². The Balaban J connectivity index is 0.000000524. The van der Waals surface area contributed by atoms with Gasteiger partial charge in [0.25, 0.3) is 0 Å². The van der Waals surface area contributed by atoms with Crippen LogP contribution in [-0.2, 0) is 0 Å². The summed E-state index contributed by atoms with van der Waals surface area (Å²) in [6.07, 6.45) is 15.0. The van der Waals surface area contributed by atoms with Gasteiger partial charge in [-0.2, -0.15) is 0 Å². The Kier molecular flexibility index (Phi) is 19.9. The van der Waals surface area contributed by atoms with E-state index >= 15 is 0 Å². The number of aromatic amines is 1. The number of nitrogens with one attached hydrogen (secondary N) is 1. The maximum atomic E-state index is 8.32. The fourth-order valence-electron chi connectivity index (χ4n) is 3.02. The number of rotatable bonds is 9. The van der Waals surface area contributed by atoms with Gasteiger partial charge in [0.2, 0.25) is 0 Å². The standard InChI is InChI=1S/C14H17N.C8H7Br2N.C6H13BO2.CH4/c1-2-3-4-5-9-13-11-12-8-6-7-10-14(12)15-13;9-8(10)5-6-3-1-2-4-7(6)11;1-2-3-4-5-6-7(8)9;/h5-11,15H,2-4H2,1H3;1-5H,11H2;5-6,8-9H,2-4H2,1H3;1H4/b9-5+;;6-5+;. The number of para-hydroxylation sites is 2. The predicted molar refractivity (Wildman–Crippen MR) is 169 cm³/mol. The van der Waals surface area contributed by atoms with E-state index in [1.165, 1.54) is 41.8 Å². The molecular weight excluding hydrogens is 579 g/mol. The van der Waals surface area contributed by atoms with Crippen molar-refractivity contribution in [1.29, 1.82) is 0 Å². The molecular formula is C29H41BBr2N2O2. The first-order chi connectivity index (χ1) is 16.9. The molecule has 0 unspecified atom stereocenters. The van der Waals surface area contributed by atoms with Gasteiger partial charge in [-0.05, 0) is 86.0 Å². The van der Waals surface area contributed by atoms with Crippen molar-refractivity contribution in [3.8, 4) is 0 Å².